The Bertz CT molecular complexity index is 619. The topological polar surface area (TPSA) is 45.7 Å². The molecule has 0 aromatic carbocycles. The summed E-state index contributed by atoms with van der Waals surface area (Å²) >= 11 is 0. The Morgan fingerprint density at radius 2 is 2.08 bits per heavy atom. The highest BCUT2D eigenvalue weighted by Gasteiger charge is 2.39. The molecule has 3 aliphatic rings. The first-order valence-corrected chi connectivity index (χ1v) is 9.51. The molecule has 0 saturated carbocycles. The normalized spacial score (nSPS) is 30.1. The van der Waals surface area contributed by atoms with Crippen LogP contribution in [0.4, 0.5) is 0 Å². The lowest BCUT2D eigenvalue weighted by atomic mass is 9.91. The molecule has 0 N–H and O–H groups in total. The number of ether oxygens (including phenoxy) is 1. The molecule has 0 bridgehead atoms. The Morgan fingerprint density at radius 3 is 2.88 bits per heavy atom. The number of fused-ring (bicyclic) bond motifs is 1. The largest absolute Gasteiger partial charge is 0.374 e. The Balaban J connectivity index is 1.44. The fourth-order valence-corrected chi connectivity index (χ4v) is 4.40. The van der Waals surface area contributed by atoms with E-state index in [0.717, 1.165) is 37.5 Å². The molecule has 0 spiro atoms. The van der Waals surface area contributed by atoms with Gasteiger partial charge in [0.05, 0.1) is 18.8 Å². The maximum absolute atomic E-state index is 13.0. The van der Waals surface area contributed by atoms with E-state index in [0.29, 0.717) is 13.2 Å². The molecule has 25 heavy (non-hydrogen) atoms. The number of aromatic nitrogens is 1. The number of amides is 1. The molecule has 3 heterocycles. The molecule has 134 valence electrons. The third-order valence-electron chi connectivity index (χ3n) is 5.75. The number of allylic oxidation sites excluding steroid dienone is 2. The Kier molecular flexibility index (Phi) is 5.13. The highest BCUT2D eigenvalue weighted by atomic mass is 16.5. The first-order valence-electron chi connectivity index (χ1n) is 9.51. The van der Waals surface area contributed by atoms with Crippen molar-refractivity contribution in [3.05, 3.63) is 42.2 Å². The summed E-state index contributed by atoms with van der Waals surface area (Å²) < 4.78 is 5.99. The van der Waals surface area contributed by atoms with E-state index >= 15 is 0 Å². The van der Waals surface area contributed by atoms with Gasteiger partial charge >= 0.3 is 0 Å². The second-order valence-electron chi connectivity index (χ2n) is 7.41. The van der Waals surface area contributed by atoms with Gasteiger partial charge in [0, 0.05) is 44.1 Å². The van der Waals surface area contributed by atoms with E-state index < -0.39 is 0 Å². The number of rotatable bonds is 3. The van der Waals surface area contributed by atoms with Gasteiger partial charge in [-0.15, -0.1) is 0 Å². The SMILES string of the molecule is O=C(c1ccncc1)N1CCO[C@H]2CCN(CC3CC=CCC3)C[C@@H]21. The van der Waals surface area contributed by atoms with Crippen molar-refractivity contribution in [2.24, 2.45) is 5.92 Å². The summed E-state index contributed by atoms with van der Waals surface area (Å²) in [5.41, 5.74) is 0.727. The summed E-state index contributed by atoms with van der Waals surface area (Å²) in [5.74, 6) is 0.874. The molecule has 1 amide bonds. The summed E-state index contributed by atoms with van der Waals surface area (Å²) in [6.45, 7) is 4.49. The molecule has 0 radical (unpaired) electrons. The summed E-state index contributed by atoms with van der Waals surface area (Å²) in [4.78, 5) is 21.6. The van der Waals surface area contributed by atoms with Gasteiger partial charge in [-0.3, -0.25) is 9.78 Å². The van der Waals surface area contributed by atoms with Crippen LogP contribution in [0.2, 0.25) is 0 Å². The fraction of sp³-hybridized carbons (Fsp3) is 0.600. The highest BCUT2D eigenvalue weighted by Crippen LogP contribution is 2.27. The Morgan fingerprint density at radius 1 is 1.20 bits per heavy atom. The summed E-state index contributed by atoms with van der Waals surface area (Å²) in [7, 11) is 0. The van der Waals surface area contributed by atoms with Crippen molar-refractivity contribution in [2.45, 2.75) is 37.8 Å². The van der Waals surface area contributed by atoms with E-state index in [2.05, 4.69) is 22.0 Å². The maximum atomic E-state index is 13.0. The molecule has 1 aromatic heterocycles. The minimum atomic E-state index is 0.114. The van der Waals surface area contributed by atoms with Crippen molar-refractivity contribution in [3.8, 4) is 0 Å². The molecule has 1 aliphatic carbocycles. The molecule has 3 atom stereocenters. The zero-order chi connectivity index (χ0) is 17.1. The van der Waals surface area contributed by atoms with Gasteiger partial charge in [0.2, 0.25) is 0 Å². The zero-order valence-corrected chi connectivity index (χ0v) is 14.7. The fourth-order valence-electron chi connectivity index (χ4n) is 4.40. The summed E-state index contributed by atoms with van der Waals surface area (Å²) in [6.07, 6.45) is 12.9. The van der Waals surface area contributed by atoms with E-state index in [1.165, 1.54) is 19.3 Å². The lowest BCUT2D eigenvalue weighted by molar-refractivity contribution is -0.0918. The van der Waals surface area contributed by atoms with Gasteiger partial charge in [-0.2, -0.15) is 0 Å². The number of piperidine rings is 1. The van der Waals surface area contributed by atoms with Crippen LogP contribution in [-0.4, -0.2) is 65.6 Å². The molecule has 5 nitrogen and oxygen atoms in total. The number of hydrogen-bond acceptors (Lipinski definition) is 4. The van der Waals surface area contributed by atoms with Crippen LogP contribution in [0.15, 0.2) is 36.7 Å². The monoisotopic (exact) mass is 341 g/mol. The molecule has 1 unspecified atom stereocenters. The molecule has 4 rings (SSSR count). The number of morpholine rings is 1. The number of hydrogen-bond donors (Lipinski definition) is 0. The third-order valence-corrected chi connectivity index (χ3v) is 5.75. The first kappa shape index (κ1) is 16.7. The second-order valence-corrected chi connectivity index (χ2v) is 7.41. The lowest BCUT2D eigenvalue weighted by Gasteiger charge is -2.47. The summed E-state index contributed by atoms with van der Waals surface area (Å²) in [5, 5.41) is 0. The molecule has 2 aliphatic heterocycles. The zero-order valence-electron chi connectivity index (χ0n) is 14.7. The van der Waals surface area contributed by atoms with Crippen LogP contribution in [0.3, 0.4) is 0 Å². The van der Waals surface area contributed by atoms with Crippen LogP contribution >= 0.6 is 0 Å². The van der Waals surface area contributed by atoms with E-state index in [1.807, 2.05) is 17.0 Å². The number of pyridine rings is 1. The predicted octanol–water partition coefficient (Wildman–Crippen LogP) is 2.35. The smallest absolute Gasteiger partial charge is 0.254 e. The number of nitrogens with zero attached hydrogens (tertiary/aromatic N) is 3. The van der Waals surface area contributed by atoms with Crippen molar-refractivity contribution < 1.29 is 9.53 Å². The number of carbonyl (C=O) groups is 1. The van der Waals surface area contributed by atoms with Gasteiger partial charge in [-0.1, -0.05) is 12.2 Å². The van der Waals surface area contributed by atoms with Crippen LogP contribution in [0.1, 0.15) is 36.0 Å². The van der Waals surface area contributed by atoms with Crippen molar-refractivity contribution in [2.75, 3.05) is 32.8 Å². The minimum absolute atomic E-state index is 0.114. The van der Waals surface area contributed by atoms with Crippen LogP contribution in [0, 0.1) is 5.92 Å². The third kappa shape index (κ3) is 3.77. The lowest BCUT2D eigenvalue weighted by Crippen LogP contribution is -2.61. The van der Waals surface area contributed by atoms with Crippen molar-refractivity contribution in [1.82, 2.24) is 14.8 Å². The van der Waals surface area contributed by atoms with E-state index in [1.54, 1.807) is 12.4 Å². The minimum Gasteiger partial charge on any atom is -0.374 e. The number of likely N-dealkylation sites (tertiary alicyclic amines) is 1. The van der Waals surface area contributed by atoms with Gasteiger partial charge in [0.25, 0.3) is 5.91 Å². The molecular formula is C20H27N3O2. The first-order chi connectivity index (χ1) is 12.3. The van der Waals surface area contributed by atoms with E-state index in [9.17, 15) is 4.79 Å². The van der Waals surface area contributed by atoms with Gasteiger partial charge in [0.15, 0.2) is 0 Å². The van der Waals surface area contributed by atoms with Crippen molar-refractivity contribution in [3.63, 3.8) is 0 Å². The van der Waals surface area contributed by atoms with Crippen molar-refractivity contribution >= 4 is 5.91 Å². The van der Waals surface area contributed by atoms with Gasteiger partial charge < -0.3 is 14.5 Å². The second kappa shape index (κ2) is 7.67. The van der Waals surface area contributed by atoms with Crippen LogP contribution in [0.5, 0.6) is 0 Å². The van der Waals surface area contributed by atoms with Crippen LogP contribution in [0.25, 0.3) is 0 Å². The van der Waals surface area contributed by atoms with Gasteiger partial charge in [-0.05, 0) is 43.7 Å². The number of carbonyl (C=O) groups excluding carboxylic acids is 1. The molecule has 2 fully saturated rings. The average Bonchev–Trinajstić information content (AvgIpc) is 2.68. The summed E-state index contributed by atoms with van der Waals surface area (Å²) in [6, 6.07) is 3.78. The standard InChI is InChI=1S/C20H27N3O2/c24-20(17-6-9-21-10-7-17)23-12-13-25-19-8-11-22(15-18(19)23)14-16-4-2-1-3-5-16/h1-2,6-7,9-10,16,18-19H,3-5,8,11-15H2/t16?,18-,19-/m0/s1. The van der Waals surface area contributed by atoms with Gasteiger partial charge in [-0.25, -0.2) is 0 Å². The van der Waals surface area contributed by atoms with Crippen molar-refractivity contribution in [1.29, 1.82) is 0 Å². The average molecular weight is 341 g/mol. The Hall–Kier alpha value is -1.72. The van der Waals surface area contributed by atoms with Gasteiger partial charge in [0.1, 0.15) is 0 Å². The van der Waals surface area contributed by atoms with E-state index in [-0.39, 0.29) is 18.1 Å². The molecule has 1 aromatic rings. The Labute approximate surface area is 149 Å². The molecule has 2 saturated heterocycles. The molecule has 5 heteroatoms. The van der Waals surface area contributed by atoms with Crippen LogP contribution in [-0.2, 0) is 4.74 Å². The van der Waals surface area contributed by atoms with Crippen LogP contribution < -0.4 is 0 Å². The maximum Gasteiger partial charge on any atom is 0.254 e. The van der Waals surface area contributed by atoms with E-state index in [4.69, 9.17) is 4.74 Å². The quantitative estimate of drug-likeness (QED) is 0.792. The molecular weight excluding hydrogens is 314 g/mol. The highest BCUT2D eigenvalue weighted by molar-refractivity contribution is 5.94. The predicted molar refractivity (Wildman–Crippen MR) is 96.3 cm³/mol.